The van der Waals surface area contributed by atoms with Crippen molar-refractivity contribution in [2.45, 2.75) is 32.6 Å². The van der Waals surface area contributed by atoms with Gasteiger partial charge in [-0.2, -0.15) is 0 Å². The molecule has 0 bridgehead atoms. The molecule has 1 unspecified atom stereocenters. The smallest absolute Gasteiger partial charge is 0.303 e. The summed E-state index contributed by atoms with van der Waals surface area (Å²) < 4.78 is 11.6. The van der Waals surface area contributed by atoms with E-state index in [-0.39, 0.29) is 18.1 Å². The fraction of sp³-hybridized carbons (Fsp3) is 0.833. The molecule has 1 N–H and O–H groups in total. The maximum atomic E-state index is 11.8. The summed E-state index contributed by atoms with van der Waals surface area (Å²) in [6, 6.07) is 0. The highest BCUT2D eigenvalue weighted by Gasteiger charge is 2.21. The number of nitrogens with zero attached hydrogens (tertiary/aromatic N) is 1. The summed E-state index contributed by atoms with van der Waals surface area (Å²) in [6.07, 6.45) is 2.40. The molecule has 6 heteroatoms. The molecule has 1 aliphatic heterocycles. The largest absolute Gasteiger partial charge is 0.481 e. The molecule has 0 radical (unpaired) electrons. The van der Waals surface area contributed by atoms with Gasteiger partial charge in [0.05, 0.1) is 0 Å². The molecule has 0 aliphatic carbocycles. The third kappa shape index (κ3) is 5.62. The number of carbonyl (C=O) groups excluding carboxylic acids is 1. The van der Waals surface area contributed by atoms with E-state index >= 15 is 0 Å². The number of hydrogen-bond acceptors (Lipinski definition) is 3. The second-order valence-electron chi connectivity index (χ2n) is 4.85. The Bertz CT molecular complexity index is 324. The first-order chi connectivity index (χ1) is 8.49. The zero-order valence-electron chi connectivity index (χ0n) is 10.8. The van der Waals surface area contributed by atoms with Crippen LogP contribution in [0.4, 0.5) is 0 Å². The van der Waals surface area contributed by atoms with Crippen molar-refractivity contribution in [1.29, 1.82) is 0 Å². The topological polar surface area (TPSA) is 74.7 Å². The minimum atomic E-state index is -1.23. The van der Waals surface area contributed by atoms with Crippen molar-refractivity contribution in [2.75, 3.05) is 24.6 Å². The summed E-state index contributed by atoms with van der Waals surface area (Å²) in [6.45, 7) is 3.69. The molecule has 104 valence electrons. The first kappa shape index (κ1) is 15.1. The van der Waals surface area contributed by atoms with Crippen LogP contribution in [0.25, 0.3) is 0 Å². The molecule has 18 heavy (non-hydrogen) atoms. The minimum Gasteiger partial charge on any atom is -0.481 e. The second-order valence-corrected chi connectivity index (χ2v) is 6.43. The number of carboxylic acid groups (broad SMARTS) is 1. The average Bonchev–Trinajstić information content (AvgIpc) is 2.29. The summed E-state index contributed by atoms with van der Waals surface area (Å²) in [5.74, 6) is 0.0463. The lowest BCUT2D eigenvalue weighted by Gasteiger charge is -2.30. The third-order valence-electron chi connectivity index (χ3n) is 3.18. The van der Waals surface area contributed by atoms with Crippen molar-refractivity contribution >= 4 is 22.7 Å². The summed E-state index contributed by atoms with van der Waals surface area (Å²) >= 11 is 0. The van der Waals surface area contributed by atoms with E-state index in [1.165, 1.54) is 0 Å². The maximum absolute atomic E-state index is 11.8. The Kier molecular flexibility index (Phi) is 6.32. The van der Waals surface area contributed by atoms with E-state index in [1.54, 1.807) is 4.90 Å². The van der Waals surface area contributed by atoms with Crippen molar-refractivity contribution in [3.63, 3.8) is 0 Å². The summed E-state index contributed by atoms with van der Waals surface area (Å²) in [5, 5.41) is 8.46. The number of piperidine rings is 1. The van der Waals surface area contributed by atoms with Gasteiger partial charge in [0.2, 0.25) is 5.91 Å². The van der Waals surface area contributed by atoms with Gasteiger partial charge in [0, 0.05) is 36.1 Å². The molecule has 0 aromatic heterocycles. The van der Waals surface area contributed by atoms with Gasteiger partial charge in [0.25, 0.3) is 0 Å². The van der Waals surface area contributed by atoms with E-state index in [4.69, 9.17) is 5.11 Å². The fourth-order valence-electron chi connectivity index (χ4n) is 1.94. The molecule has 1 fully saturated rings. The van der Waals surface area contributed by atoms with Crippen LogP contribution in [0.3, 0.4) is 0 Å². The van der Waals surface area contributed by atoms with Crippen molar-refractivity contribution in [3.8, 4) is 0 Å². The first-order valence-corrected chi connectivity index (χ1v) is 7.82. The summed E-state index contributed by atoms with van der Waals surface area (Å²) in [4.78, 5) is 23.9. The van der Waals surface area contributed by atoms with Gasteiger partial charge in [0.1, 0.15) is 5.75 Å². The lowest BCUT2D eigenvalue weighted by molar-refractivity contribution is -0.137. The van der Waals surface area contributed by atoms with E-state index in [1.807, 2.05) is 0 Å². The predicted octanol–water partition coefficient (Wildman–Crippen LogP) is 0.858. The van der Waals surface area contributed by atoms with Gasteiger partial charge in [-0.05, 0) is 25.2 Å². The number of hydrogen-bond donors (Lipinski definition) is 1. The van der Waals surface area contributed by atoms with E-state index in [0.717, 1.165) is 25.9 Å². The van der Waals surface area contributed by atoms with Crippen LogP contribution >= 0.6 is 0 Å². The van der Waals surface area contributed by atoms with Crippen LogP contribution < -0.4 is 0 Å². The Balaban J connectivity index is 2.22. The Morgan fingerprint density at radius 1 is 1.33 bits per heavy atom. The quantitative estimate of drug-likeness (QED) is 0.780. The first-order valence-electron chi connectivity index (χ1n) is 6.33. The van der Waals surface area contributed by atoms with Gasteiger partial charge in [-0.15, -0.1) is 0 Å². The van der Waals surface area contributed by atoms with Crippen LogP contribution in [-0.2, 0) is 20.4 Å². The maximum Gasteiger partial charge on any atom is 0.303 e. The van der Waals surface area contributed by atoms with Crippen LogP contribution in [-0.4, -0.2) is 50.7 Å². The number of carbonyl (C=O) groups is 2. The lowest BCUT2D eigenvalue weighted by atomic mass is 9.99. The van der Waals surface area contributed by atoms with Gasteiger partial charge in [-0.1, -0.05) is 6.92 Å². The lowest BCUT2D eigenvalue weighted by Crippen LogP contribution is -2.40. The van der Waals surface area contributed by atoms with Crippen LogP contribution in [0.5, 0.6) is 0 Å². The Labute approximate surface area is 110 Å². The zero-order chi connectivity index (χ0) is 13.5. The van der Waals surface area contributed by atoms with E-state index in [0.29, 0.717) is 18.1 Å². The molecular formula is C12H21NO4S. The number of amides is 1. The van der Waals surface area contributed by atoms with E-state index < -0.39 is 16.8 Å². The predicted molar refractivity (Wildman–Crippen MR) is 69.7 cm³/mol. The number of likely N-dealkylation sites (tertiary alicyclic amines) is 1. The van der Waals surface area contributed by atoms with Crippen molar-refractivity contribution in [1.82, 2.24) is 4.90 Å². The molecular weight excluding hydrogens is 254 g/mol. The molecule has 1 saturated heterocycles. The van der Waals surface area contributed by atoms with Gasteiger partial charge < -0.3 is 10.0 Å². The SMILES string of the molecule is CC1CCN(C(=O)CS(=O)CCCC(=O)O)CC1. The Morgan fingerprint density at radius 2 is 1.94 bits per heavy atom. The highest BCUT2D eigenvalue weighted by atomic mass is 32.2. The van der Waals surface area contributed by atoms with Crippen LogP contribution in [0.15, 0.2) is 0 Å². The van der Waals surface area contributed by atoms with Gasteiger partial charge in [-0.3, -0.25) is 13.8 Å². The summed E-state index contributed by atoms with van der Waals surface area (Å²) in [5.41, 5.74) is 0. The van der Waals surface area contributed by atoms with Crippen LogP contribution in [0, 0.1) is 5.92 Å². The van der Waals surface area contributed by atoms with Crippen molar-refractivity contribution < 1.29 is 18.9 Å². The normalized spacial score (nSPS) is 18.6. The standard InChI is InChI=1S/C12H21NO4S/c1-10-4-6-13(7-5-10)11(14)9-18(17)8-2-3-12(15)16/h10H,2-9H2,1H3,(H,15,16). The van der Waals surface area contributed by atoms with Gasteiger partial charge >= 0.3 is 5.97 Å². The average molecular weight is 275 g/mol. The molecule has 0 saturated carbocycles. The molecule has 0 aromatic rings. The molecule has 0 aromatic carbocycles. The monoisotopic (exact) mass is 275 g/mol. The molecule has 1 atom stereocenters. The van der Waals surface area contributed by atoms with Crippen molar-refractivity contribution in [3.05, 3.63) is 0 Å². The van der Waals surface area contributed by atoms with Crippen molar-refractivity contribution in [2.24, 2.45) is 5.92 Å². The second kappa shape index (κ2) is 7.51. The zero-order valence-corrected chi connectivity index (χ0v) is 11.6. The minimum absolute atomic E-state index is 0.0150. The molecule has 5 nitrogen and oxygen atoms in total. The van der Waals surface area contributed by atoms with Crippen LogP contribution in [0.1, 0.15) is 32.6 Å². The Morgan fingerprint density at radius 3 is 2.50 bits per heavy atom. The fourth-order valence-corrected chi connectivity index (χ4v) is 3.01. The van der Waals surface area contributed by atoms with Gasteiger partial charge in [0.15, 0.2) is 0 Å². The molecule has 1 rings (SSSR count). The highest BCUT2D eigenvalue weighted by Crippen LogP contribution is 2.16. The van der Waals surface area contributed by atoms with Gasteiger partial charge in [-0.25, -0.2) is 0 Å². The number of aliphatic carboxylic acids is 1. The van der Waals surface area contributed by atoms with E-state index in [2.05, 4.69) is 6.92 Å². The number of rotatable bonds is 6. The molecule has 1 amide bonds. The van der Waals surface area contributed by atoms with Crippen LogP contribution in [0.2, 0.25) is 0 Å². The molecule has 0 spiro atoms. The van der Waals surface area contributed by atoms with E-state index in [9.17, 15) is 13.8 Å². The third-order valence-corrected chi connectivity index (χ3v) is 4.50. The number of carboxylic acids is 1. The highest BCUT2D eigenvalue weighted by molar-refractivity contribution is 7.85. The summed E-state index contributed by atoms with van der Waals surface area (Å²) in [7, 11) is -1.23. The Hall–Kier alpha value is -0.910. The molecule has 1 heterocycles. The molecule has 1 aliphatic rings.